The molecule has 112 valence electrons. The van der Waals surface area contributed by atoms with Crippen molar-refractivity contribution < 1.29 is 8.42 Å². The largest absolute Gasteiger partial charge is 0.388 e. The maximum Gasteiger partial charge on any atom is 0.240 e. The summed E-state index contributed by atoms with van der Waals surface area (Å²) in [5.74, 6) is 0.468. The molecule has 2 rings (SSSR count). The Kier molecular flexibility index (Phi) is 5.05. The van der Waals surface area contributed by atoms with E-state index in [0.717, 1.165) is 18.5 Å². The molecule has 2 N–H and O–H groups in total. The maximum absolute atomic E-state index is 12.4. The highest BCUT2D eigenvalue weighted by Gasteiger charge is 2.24. The zero-order valence-electron chi connectivity index (χ0n) is 12.2. The van der Waals surface area contributed by atoms with Crippen molar-refractivity contribution in [2.24, 2.45) is 5.92 Å². The number of hydrogen-bond donors (Lipinski definition) is 2. The van der Waals surface area contributed by atoms with E-state index >= 15 is 0 Å². The molecule has 1 aromatic rings. The molecule has 0 aliphatic heterocycles. The molecule has 1 aliphatic rings. The lowest BCUT2D eigenvalue weighted by Gasteiger charge is -2.28. The van der Waals surface area contributed by atoms with Crippen LogP contribution in [0.2, 0.25) is 0 Å². The fourth-order valence-electron chi connectivity index (χ4n) is 2.84. The first-order valence-electron chi connectivity index (χ1n) is 7.33. The van der Waals surface area contributed by atoms with Crippen molar-refractivity contribution in [3.8, 4) is 0 Å². The fraction of sp³-hybridized carbons (Fsp3) is 0.600. The Hall–Kier alpha value is -1.07. The first-order valence-corrected chi connectivity index (χ1v) is 8.81. The Morgan fingerprint density at radius 3 is 2.25 bits per heavy atom. The van der Waals surface area contributed by atoms with Gasteiger partial charge in [-0.2, -0.15) is 0 Å². The Morgan fingerprint density at radius 1 is 1.10 bits per heavy atom. The molecular weight excluding hydrogens is 272 g/mol. The summed E-state index contributed by atoms with van der Waals surface area (Å²) in [5, 5.41) is 2.98. The summed E-state index contributed by atoms with van der Waals surface area (Å²) < 4.78 is 27.5. The van der Waals surface area contributed by atoms with Crippen LogP contribution in [0.4, 0.5) is 5.69 Å². The van der Waals surface area contributed by atoms with E-state index in [9.17, 15) is 8.42 Å². The second-order valence-corrected chi connectivity index (χ2v) is 7.30. The number of nitrogens with one attached hydrogen (secondary N) is 2. The van der Waals surface area contributed by atoms with Crippen molar-refractivity contribution in [2.45, 2.75) is 50.0 Å². The molecule has 0 bridgehead atoms. The minimum absolute atomic E-state index is 0.00396. The van der Waals surface area contributed by atoms with Crippen molar-refractivity contribution in [1.29, 1.82) is 0 Å². The third-order valence-corrected chi connectivity index (χ3v) is 5.73. The molecule has 0 aromatic heterocycles. The molecule has 0 spiro atoms. The molecule has 1 fully saturated rings. The highest BCUT2D eigenvalue weighted by Crippen LogP contribution is 2.27. The summed E-state index contributed by atoms with van der Waals surface area (Å²) in [6.07, 6.45) is 5.97. The second-order valence-electron chi connectivity index (χ2n) is 5.58. The van der Waals surface area contributed by atoms with E-state index in [2.05, 4.69) is 10.0 Å². The van der Waals surface area contributed by atoms with E-state index in [1.807, 2.05) is 14.0 Å². The van der Waals surface area contributed by atoms with E-state index < -0.39 is 10.0 Å². The van der Waals surface area contributed by atoms with Gasteiger partial charge in [-0.25, -0.2) is 13.1 Å². The van der Waals surface area contributed by atoms with Crippen LogP contribution in [0, 0.1) is 5.92 Å². The average Bonchev–Trinajstić information content (AvgIpc) is 2.48. The topological polar surface area (TPSA) is 58.2 Å². The van der Waals surface area contributed by atoms with Crippen LogP contribution in [0.5, 0.6) is 0 Å². The van der Waals surface area contributed by atoms with Crippen molar-refractivity contribution in [2.75, 3.05) is 12.4 Å². The zero-order valence-corrected chi connectivity index (χ0v) is 13.0. The Labute approximate surface area is 122 Å². The van der Waals surface area contributed by atoms with E-state index in [0.29, 0.717) is 10.8 Å². The van der Waals surface area contributed by atoms with Gasteiger partial charge in [0.25, 0.3) is 0 Å². The van der Waals surface area contributed by atoms with Crippen molar-refractivity contribution in [3.63, 3.8) is 0 Å². The molecule has 5 heteroatoms. The van der Waals surface area contributed by atoms with Crippen LogP contribution in [0.3, 0.4) is 0 Å². The summed E-state index contributed by atoms with van der Waals surface area (Å²) in [6.45, 7) is 1.98. The highest BCUT2D eigenvalue weighted by molar-refractivity contribution is 7.89. The van der Waals surface area contributed by atoms with Gasteiger partial charge in [0.05, 0.1) is 4.90 Å². The standard InChI is InChI=1S/C15H24N2O2S/c1-12(13-6-4-3-5-7-13)17-20(18,19)15-10-8-14(16-2)9-11-15/h8-13,16-17H,3-7H2,1-2H3. The van der Waals surface area contributed by atoms with Crippen molar-refractivity contribution in [1.82, 2.24) is 4.72 Å². The highest BCUT2D eigenvalue weighted by atomic mass is 32.2. The first kappa shape index (κ1) is 15.3. The van der Waals surface area contributed by atoms with Gasteiger partial charge in [-0.1, -0.05) is 19.3 Å². The molecule has 0 saturated heterocycles. The van der Waals surface area contributed by atoms with Crippen LogP contribution < -0.4 is 10.0 Å². The molecule has 4 nitrogen and oxygen atoms in total. The first-order chi connectivity index (χ1) is 9.53. The average molecular weight is 296 g/mol. The lowest BCUT2D eigenvalue weighted by atomic mass is 9.85. The number of rotatable bonds is 5. The van der Waals surface area contributed by atoms with Crippen LogP contribution in [0.1, 0.15) is 39.0 Å². The summed E-state index contributed by atoms with van der Waals surface area (Å²) in [4.78, 5) is 0.333. The lowest BCUT2D eigenvalue weighted by molar-refractivity contribution is 0.303. The maximum atomic E-state index is 12.4. The van der Waals surface area contributed by atoms with Gasteiger partial charge in [0, 0.05) is 18.8 Å². The zero-order chi connectivity index (χ0) is 14.6. The van der Waals surface area contributed by atoms with E-state index in [-0.39, 0.29) is 6.04 Å². The van der Waals surface area contributed by atoms with Crippen molar-refractivity contribution >= 4 is 15.7 Å². The summed E-state index contributed by atoms with van der Waals surface area (Å²) >= 11 is 0. The summed E-state index contributed by atoms with van der Waals surface area (Å²) in [6, 6.07) is 6.84. The van der Waals surface area contributed by atoms with Crippen LogP contribution in [-0.4, -0.2) is 21.5 Å². The molecule has 0 radical (unpaired) electrons. The van der Waals surface area contributed by atoms with Gasteiger partial charge in [0.2, 0.25) is 10.0 Å². The smallest absolute Gasteiger partial charge is 0.240 e. The molecule has 0 heterocycles. The van der Waals surface area contributed by atoms with Gasteiger partial charge in [-0.3, -0.25) is 0 Å². The number of anilines is 1. The molecule has 1 aliphatic carbocycles. The molecule has 1 unspecified atom stereocenters. The number of benzene rings is 1. The predicted molar refractivity (Wildman–Crippen MR) is 82.3 cm³/mol. The van der Waals surface area contributed by atoms with Gasteiger partial charge in [0.1, 0.15) is 0 Å². The third kappa shape index (κ3) is 3.73. The van der Waals surface area contributed by atoms with Crippen LogP contribution in [0.15, 0.2) is 29.2 Å². The molecular formula is C15H24N2O2S. The van der Waals surface area contributed by atoms with Gasteiger partial charge < -0.3 is 5.32 Å². The monoisotopic (exact) mass is 296 g/mol. The third-order valence-electron chi connectivity index (χ3n) is 4.15. The quantitative estimate of drug-likeness (QED) is 0.878. The Morgan fingerprint density at radius 2 is 1.70 bits per heavy atom. The molecule has 20 heavy (non-hydrogen) atoms. The fourth-order valence-corrected chi connectivity index (χ4v) is 4.16. The number of hydrogen-bond acceptors (Lipinski definition) is 3. The SMILES string of the molecule is CNc1ccc(S(=O)(=O)NC(C)C2CCCCC2)cc1. The van der Waals surface area contributed by atoms with Crippen LogP contribution >= 0.6 is 0 Å². The van der Waals surface area contributed by atoms with Gasteiger partial charge >= 0.3 is 0 Å². The minimum Gasteiger partial charge on any atom is -0.388 e. The lowest BCUT2D eigenvalue weighted by Crippen LogP contribution is -2.38. The van der Waals surface area contributed by atoms with E-state index in [4.69, 9.17) is 0 Å². The second kappa shape index (κ2) is 6.59. The van der Waals surface area contributed by atoms with E-state index in [1.54, 1.807) is 24.3 Å². The molecule has 1 atom stereocenters. The van der Waals surface area contributed by atoms with Crippen molar-refractivity contribution in [3.05, 3.63) is 24.3 Å². The van der Waals surface area contributed by atoms with Gasteiger partial charge in [-0.15, -0.1) is 0 Å². The summed E-state index contributed by atoms with van der Waals surface area (Å²) in [5.41, 5.74) is 0.907. The molecule has 1 aromatic carbocycles. The summed E-state index contributed by atoms with van der Waals surface area (Å²) in [7, 11) is -1.60. The van der Waals surface area contributed by atoms with Crippen LogP contribution in [0.25, 0.3) is 0 Å². The number of sulfonamides is 1. The van der Waals surface area contributed by atoms with Crippen LogP contribution in [-0.2, 0) is 10.0 Å². The Balaban J connectivity index is 2.05. The van der Waals surface area contributed by atoms with Gasteiger partial charge in [-0.05, 0) is 49.9 Å². The van der Waals surface area contributed by atoms with Gasteiger partial charge in [0.15, 0.2) is 0 Å². The Bertz CT molecular complexity index is 519. The normalized spacial score (nSPS) is 18.7. The predicted octanol–water partition coefficient (Wildman–Crippen LogP) is 2.98. The molecule has 1 saturated carbocycles. The molecule has 0 amide bonds. The van der Waals surface area contributed by atoms with E-state index in [1.165, 1.54) is 19.3 Å². The minimum atomic E-state index is -3.41.